The highest BCUT2D eigenvalue weighted by Gasteiger charge is 2.49. The van der Waals surface area contributed by atoms with Crippen LogP contribution in [0.15, 0.2) is 0 Å². The molecule has 5 heteroatoms. The van der Waals surface area contributed by atoms with Gasteiger partial charge in [-0.25, -0.2) is 9.80 Å². The Morgan fingerprint density at radius 2 is 2.17 bits per heavy atom. The number of hydrazine groups is 1. The molecule has 0 radical (unpaired) electrons. The molecule has 0 spiro atoms. The Labute approximate surface area is 108 Å². The van der Waals surface area contributed by atoms with Gasteiger partial charge in [0.15, 0.2) is 0 Å². The molecule has 18 heavy (non-hydrogen) atoms. The molecule has 2 bridgehead atoms. The van der Waals surface area contributed by atoms with Crippen LogP contribution in [0.2, 0.25) is 0 Å². The molecule has 0 aromatic carbocycles. The van der Waals surface area contributed by atoms with E-state index in [9.17, 15) is 9.59 Å². The minimum atomic E-state index is -0.504. The average molecular weight is 254 g/mol. The summed E-state index contributed by atoms with van der Waals surface area (Å²) in [5, 5.41) is 1.93. The van der Waals surface area contributed by atoms with Crippen LogP contribution < -0.4 is 5.43 Å². The second-order valence-electron chi connectivity index (χ2n) is 6.59. The van der Waals surface area contributed by atoms with E-state index in [0.29, 0.717) is 18.6 Å². The van der Waals surface area contributed by atoms with Gasteiger partial charge >= 0.3 is 6.09 Å². The Balaban J connectivity index is 2.02. The van der Waals surface area contributed by atoms with E-state index in [1.807, 2.05) is 32.7 Å². The zero-order chi connectivity index (χ0) is 13.6. The normalized spacial score (nSPS) is 32.4. The van der Waals surface area contributed by atoms with Crippen molar-refractivity contribution in [3.8, 4) is 0 Å². The van der Waals surface area contributed by atoms with E-state index in [-0.39, 0.29) is 11.6 Å². The molecule has 2 saturated heterocycles. The summed E-state index contributed by atoms with van der Waals surface area (Å²) in [6.07, 6.45) is 2.51. The first-order valence-corrected chi connectivity index (χ1v) is 6.50. The Bertz CT molecular complexity index is 375. The third kappa shape index (κ3) is 2.66. The molecule has 102 valence electrons. The van der Waals surface area contributed by atoms with Crippen molar-refractivity contribution >= 4 is 11.9 Å². The SMILES string of the molecule is CC(C)(C)OC(=O)NN1[C@@H]2CC[C@@]1(C)CC(=O)C2. The molecule has 0 aromatic heterocycles. The van der Waals surface area contributed by atoms with Gasteiger partial charge in [-0.3, -0.25) is 10.2 Å². The summed E-state index contributed by atoms with van der Waals surface area (Å²) in [6.45, 7) is 7.54. The first-order chi connectivity index (χ1) is 8.20. The maximum atomic E-state index is 11.8. The summed E-state index contributed by atoms with van der Waals surface area (Å²) in [5.74, 6) is 0.294. The fourth-order valence-electron chi connectivity index (χ4n) is 2.92. The van der Waals surface area contributed by atoms with Crippen molar-refractivity contribution in [1.29, 1.82) is 0 Å². The lowest BCUT2D eigenvalue weighted by Crippen LogP contribution is -2.59. The van der Waals surface area contributed by atoms with Crippen molar-refractivity contribution in [3.63, 3.8) is 0 Å². The summed E-state index contributed by atoms with van der Waals surface area (Å²) in [6, 6.07) is 0.128. The smallest absolute Gasteiger partial charge is 0.422 e. The number of hydrogen-bond acceptors (Lipinski definition) is 4. The van der Waals surface area contributed by atoms with Crippen molar-refractivity contribution < 1.29 is 14.3 Å². The predicted molar refractivity (Wildman–Crippen MR) is 66.9 cm³/mol. The van der Waals surface area contributed by atoms with Crippen LogP contribution in [0.3, 0.4) is 0 Å². The molecule has 0 unspecified atom stereocenters. The Kier molecular flexibility index (Phi) is 3.13. The first-order valence-electron chi connectivity index (χ1n) is 6.50. The largest absolute Gasteiger partial charge is 0.443 e. The second-order valence-corrected chi connectivity index (χ2v) is 6.59. The van der Waals surface area contributed by atoms with Crippen molar-refractivity contribution in [2.75, 3.05) is 0 Å². The van der Waals surface area contributed by atoms with Gasteiger partial charge in [-0.15, -0.1) is 0 Å². The first kappa shape index (κ1) is 13.3. The molecule has 2 rings (SSSR count). The molecule has 0 saturated carbocycles. The Hall–Kier alpha value is -1.10. The van der Waals surface area contributed by atoms with Crippen molar-refractivity contribution in [3.05, 3.63) is 0 Å². The highest BCUT2D eigenvalue weighted by atomic mass is 16.6. The highest BCUT2D eigenvalue weighted by Crippen LogP contribution is 2.40. The van der Waals surface area contributed by atoms with Gasteiger partial charge in [0.25, 0.3) is 0 Å². The van der Waals surface area contributed by atoms with Crippen molar-refractivity contribution in [1.82, 2.24) is 10.4 Å². The summed E-state index contributed by atoms with van der Waals surface area (Å²) in [4.78, 5) is 23.4. The van der Waals surface area contributed by atoms with Gasteiger partial charge in [-0.1, -0.05) is 0 Å². The molecule has 2 fully saturated rings. The Morgan fingerprint density at radius 3 is 2.72 bits per heavy atom. The number of piperidine rings is 1. The molecule has 2 aliphatic heterocycles. The van der Waals surface area contributed by atoms with E-state index in [0.717, 1.165) is 12.8 Å². The highest BCUT2D eigenvalue weighted by molar-refractivity contribution is 5.82. The van der Waals surface area contributed by atoms with Crippen LogP contribution >= 0.6 is 0 Å². The van der Waals surface area contributed by atoms with Gasteiger partial charge in [-0.2, -0.15) is 0 Å². The lowest BCUT2D eigenvalue weighted by molar-refractivity contribution is -0.128. The quantitative estimate of drug-likeness (QED) is 0.777. The van der Waals surface area contributed by atoms with E-state index >= 15 is 0 Å². The molecule has 2 atom stereocenters. The summed E-state index contributed by atoms with van der Waals surface area (Å²) >= 11 is 0. The number of nitrogens with zero attached hydrogens (tertiary/aromatic N) is 1. The fraction of sp³-hybridized carbons (Fsp3) is 0.846. The molecule has 1 amide bonds. The monoisotopic (exact) mass is 254 g/mol. The van der Waals surface area contributed by atoms with Crippen LogP contribution in [0.1, 0.15) is 53.4 Å². The maximum Gasteiger partial charge on any atom is 0.422 e. The molecule has 5 nitrogen and oxygen atoms in total. The van der Waals surface area contributed by atoms with E-state index < -0.39 is 11.7 Å². The number of carbonyl (C=O) groups is 2. The molecular formula is C13H22N2O3. The number of hydrogen-bond donors (Lipinski definition) is 1. The molecule has 0 aliphatic carbocycles. The number of fused-ring (bicyclic) bond motifs is 2. The number of ketones is 1. The van der Waals surface area contributed by atoms with E-state index in [1.165, 1.54) is 0 Å². The van der Waals surface area contributed by atoms with Crippen LogP contribution in [0, 0.1) is 0 Å². The number of rotatable bonds is 1. The minimum Gasteiger partial charge on any atom is -0.443 e. The van der Waals surface area contributed by atoms with Crippen LogP contribution in [0.25, 0.3) is 0 Å². The lowest BCUT2D eigenvalue weighted by Gasteiger charge is -2.41. The van der Waals surface area contributed by atoms with E-state index in [1.54, 1.807) is 0 Å². The fourth-order valence-corrected chi connectivity index (χ4v) is 2.92. The number of carbonyl (C=O) groups excluding carboxylic acids is 2. The Morgan fingerprint density at radius 1 is 1.50 bits per heavy atom. The zero-order valence-electron chi connectivity index (χ0n) is 11.6. The number of Topliss-reactive ketones (excluding diaryl/α,β-unsaturated/α-hetero) is 1. The number of nitrogens with one attached hydrogen (secondary N) is 1. The van der Waals surface area contributed by atoms with Gasteiger partial charge < -0.3 is 4.74 Å². The zero-order valence-corrected chi connectivity index (χ0v) is 11.6. The van der Waals surface area contributed by atoms with Gasteiger partial charge in [-0.05, 0) is 40.5 Å². The predicted octanol–water partition coefficient (Wildman–Crippen LogP) is 2.01. The third-order valence-corrected chi connectivity index (χ3v) is 3.61. The molecule has 1 N–H and O–H groups in total. The maximum absolute atomic E-state index is 11.8. The molecule has 0 aromatic rings. The van der Waals surface area contributed by atoms with Gasteiger partial charge in [0.1, 0.15) is 11.4 Å². The minimum absolute atomic E-state index is 0.128. The average Bonchev–Trinajstić information content (AvgIpc) is 2.38. The molecule has 2 heterocycles. The standard InChI is InChI=1S/C13H22N2O3/c1-12(2,3)18-11(17)14-15-9-5-6-13(15,4)8-10(16)7-9/h9H,5-8H2,1-4H3,(H,14,17)/t9-,13+/m1/s1. The van der Waals surface area contributed by atoms with Gasteiger partial charge in [0.2, 0.25) is 0 Å². The number of ether oxygens (including phenoxy) is 1. The number of amides is 1. The van der Waals surface area contributed by atoms with Gasteiger partial charge in [0, 0.05) is 24.4 Å². The third-order valence-electron chi connectivity index (χ3n) is 3.61. The summed E-state index contributed by atoms with van der Waals surface area (Å²) < 4.78 is 5.26. The topological polar surface area (TPSA) is 58.6 Å². The lowest BCUT2D eigenvalue weighted by atomic mass is 9.91. The van der Waals surface area contributed by atoms with E-state index in [4.69, 9.17) is 4.74 Å². The second kappa shape index (κ2) is 4.23. The molecule has 2 aliphatic rings. The van der Waals surface area contributed by atoms with Gasteiger partial charge in [0.05, 0.1) is 0 Å². The van der Waals surface area contributed by atoms with Crippen LogP contribution in [-0.4, -0.2) is 34.1 Å². The summed E-state index contributed by atoms with van der Waals surface area (Å²) in [7, 11) is 0. The van der Waals surface area contributed by atoms with Crippen LogP contribution in [0.5, 0.6) is 0 Å². The van der Waals surface area contributed by atoms with Crippen LogP contribution in [-0.2, 0) is 9.53 Å². The van der Waals surface area contributed by atoms with Crippen molar-refractivity contribution in [2.45, 2.75) is 70.6 Å². The van der Waals surface area contributed by atoms with E-state index in [2.05, 4.69) is 5.43 Å². The van der Waals surface area contributed by atoms with Crippen molar-refractivity contribution in [2.24, 2.45) is 0 Å². The molecular weight excluding hydrogens is 232 g/mol. The van der Waals surface area contributed by atoms with Crippen LogP contribution in [0.4, 0.5) is 4.79 Å². The summed E-state index contributed by atoms with van der Waals surface area (Å²) in [5.41, 5.74) is 2.07.